The molecule has 1 N–H and O–H groups in total. The van der Waals surface area contributed by atoms with Crippen LogP contribution in [0, 0.1) is 0 Å². The van der Waals surface area contributed by atoms with Gasteiger partial charge in [-0.05, 0) is 99.1 Å². The summed E-state index contributed by atoms with van der Waals surface area (Å²) in [7, 11) is 2.16. The van der Waals surface area contributed by atoms with Crippen molar-refractivity contribution in [3.05, 3.63) is 70.3 Å². The van der Waals surface area contributed by atoms with Crippen LogP contribution in [0.5, 0.6) is 0 Å². The van der Waals surface area contributed by atoms with Crippen molar-refractivity contribution in [1.82, 2.24) is 10.2 Å². The summed E-state index contributed by atoms with van der Waals surface area (Å²) in [6, 6.07) is 11.0. The maximum absolute atomic E-state index is 12.7. The molecular weight excluding hydrogens is 389 g/mol. The van der Waals surface area contributed by atoms with Crippen molar-refractivity contribution < 1.29 is 18.0 Å². The third kappa shape index (κ3) is 4.53. The number of fused-ring (bicyclic) bond motifs is 1. The molecule has 0 spiro atoms. The molecule has 160 valence electrons. The molecule has 1 aliphatic carbocycles. The second kappa shape index (κ2) is 8.42. The molecule has 2 aromatic carbocycles. The Morgan fingerprint density at radius 2 is 1.73 bits per heavy atom. The smallest absolute Gasteiger partial charge is 0.349 e. The van der Waals surface area contributed by atoms with Crippen LogP contribution < -0.4 is 5.32 Å². The van der Waals surface area contributed by atoms with E-state index >= 15 is 0 Å². The number of likely N-dealkylation sites (tertiary alicyclic amines) is 1. The van der Waals surface area contributed by atoms with Crippen molar-refractivity contribution in [2.75, 3.05) is 20.1 Å². The summed E-state index contributed by atoms with van der Waals surface area (Å²) in [4.78, 5) is 15.0. The van der Waals surface area contributed by atoms with E-state index in [1.165, 1.54) is 28.8 Å². The Labute approximate surface area is 175 Å². The fourth-order valence-corrected chi connectivity index (χ4v) is 4.72. The van der Waals surface area contributed by atoms with Gasteiger partial charge in [-0.3, -0.25) is 4.79 Å². The normalized spacial score (nSPS) is 20.6. The lowest BCUT2D eigenvalue weighted by Crippen LogP contribution is -2.39. The average Bonchev–Trinajstić information content (AvgIpc) is 2.73. The fraction of sp³-hybridized carbons (Fsp3) is 0.458. The number of carbonyl (C=O) groups excluding carboxylic acids is 1. The number of rotatable bonds is 3. The first-order valence-corrected chi connectivity index (χ1v) is 10.6. The number of aryl methyl sites for hydroxylation is 1. The van der Waals surface area contributed by atoms with Gasteiger partial charge < -0.3 is 10.2 Å². The van der Waals surface area contributed by atoms with Gasteiger partial charge in [-0.1, -0.05) is 18.2 Å². The molecule has 1 amide bonds. The minimum absolute atomic E-state index is 0.000271. The maximum atomic E-state index is 12.7. The van der Waals surface area contributed by atoms with Gasteiger partial charge in [0.15, 0.2) is 0 Å². The number of amides is 1. The molecule has 1 atom stereocenters. The highest BCUT2D eigenvalue weighted by Gasteiger charge is 2.31. The van der Waals surface area contributed by atoms with Crippen LogP contribution in [0.4, 0.5) is 13.2 Å². The minimum atomic E-state index is -4.40. The first kappa shape index (κ1) is 20.9. The van der Waals surface area contributed by atoms with Gasteiger partial charge in [0.05, 0.1) is 5.56 Å². The molecule has 0 unspecified atom stereocenters. The number of hydrogen-bond donors (Lipinski definition) is 1. The van der Waals surface area contributed by atoms with E-state index in [0.29, 0.717) is 5.92 Å². The van der Waals surface area contributed by atoms with Gasteiger partial charge in [0.25, 0.3) is 5.91 Å². The Kier molecular flexibility index (Phi) is 5.87. The molecule has 1 fully saturated rings. The van der Waals surface area contributed by atoms with Crippen molar-refractivity contribution in [3.8, 4) is 0 Å². The molecule has 1 saturated heterocycles. The number of benzene rings is 2. The Morgan fingerprint density at radius 3 is 2.40 bits per heavy atom. The summed E-state index contributed by atoms with van der Waals surface area (Å²) in [5.41, 5.74) is 3.65. The number of alkyl halides is 3. The zero-order valence-electron chi connectivity index (χ0n) is 17.1. The van der Waals surface area contributed by atoms with Crippen LogP contribution in [0.1, 0.15) is 57.8 Å². The molecule has 6 heteroatoms. The van der Waals surface area contributed by atoms with Gasteiger partial charge in [0.2, 0.25) is 0 Å². The monoisotopic (exact) mass is 416 g/mol. The standard InChI is InChI=1S/C24H27F3N2O/c1-29-13-11-17(12-14-29)21-4-2-3-16-7-10-20(15-22(16)21)28-23(30)18-5-8-19(9-6-18)24(25,26)27/h2-6,8-9,17,20H,7,10-15H2,1H3,(H,28,30)/t20-/m1/s1. The molecule has 3 nitrogen and oxygen atoms in total. The zero-order valence-corrected chi connectivity index (χ0v) is 17.1. The van der Waals surface area contributed by atoms with E-state index in [4.69, 9.17) is 0 Å². The molecule has 0 radical (unpaired) electrons. The van der Waals surface area contributed by atoms with Crippen LogP contribution in [-0.2, 0) is 19.0 Å². The van der Waals surface area contributed by atoms with Gasteiger partial charge >= 0.3 is 6.18 Å². The lowest BCUT2D eigenvalue weighted by molar-refractivity contribution is -0.137. The first-order chi connectivity index (χ1) is 14.3. The summed E-state index contributed by atoms with van der Waals surface area (Å²) in [6.07, 6.45) is 0.436. The van der Waals surface area contributed by atoms with E-state index in [-0.39, 0.29) is 17.5 Å². The zero-order chi connectivity index (χ0) is 21.3. The molecule has 4 rings (SSSR count). The third-order valence-corrected chi connectivity index (χ3v) is 6.49. The van der Waals surface area contributed by atoms with Crippen LogP contribution in [0.2, 0.25) is 0 Å². The van der Waals surface area contributed by atoms with Gasteiger partial charge in [-0.25, -0.2) is 0 Å². The molecule has 2 aliphatic rings. The highest BCUT2D eigenvalue weighted by molar-refractivity contribution is 5.94. The van der Waals surface area contributed by atoms with E-state index in [0.717, 1.165) is 57.3 Å². The number of hydrogen-bond acceptors (Lipinski definition) is 2. The largest absolute Gasteiger partial charge is 0.416 e. The van der Waals surface area contributed by atoms with Crippen LogP contribution >= 0.6 is 0 Å². The van der Waals surface area contributed by atoms with E-state index in [1.807, 2.05) is 0 Å². The number of nitrogens with zero attached hydrogens (tertiary/aromatic N) is 1. The van der Waals surface area contributed by atoms with Crippen molar-refractivity contribution in [3.63, 3.8) is 0 Å². The Bertz CT molecular complexity index is 900. The van der Waals surface area contributed by atoms with Gasteiger partial charge in [0.1, 0.15) is 0 Å². The predicted molar refractivity (Wildman–Crippen MR) is 111 cm³/mol. The van der Waals surface area contributed by atoms with Gasteiger partial charge in [-0.2, -0.15) is 13.2 Å². The fourth-order valence-electron chi connectivity index (χ4n) is 4.72. The number of carbonyl (C=O) groups is 1. The molecule has 0 saturated carbocycles. The Balaban J connectivity index is 1.46. The lowest BCUT2D eigenvalue weighted by atomic mass is 9.79. The number of nitrogens with one attached hydrogen (secondary N) is 1. The van der Waals surface area contributed by atoms with E-state index in [9.17, 15) is 18.0 Å². The number of halogens is 3. The minimum Gasteiger partial charge on any atom is -0.349 e. The third-order valence-electron chi connectivity index (χ3n) is 6.49. The van der Waals surface area contributed by atoms with E-state index < -0.39 is 11.7 Å². The Hall–Kier alpha value is -2.34. The van der Waals surface area contributed by atoms with Crippen molar-refractivity contribution >= 4 is 5.91 Å². The molecule has 1 aliphatic heterocycles. The summed E-state index contributed by atoms with van der Waals surface area (Å²) < 4.78 is 38.2. The van der Waals surface area contributed by atoms with Gasteiger partial charge in [0, 0.05) is 11.6 Å². The van der Waals surface area contributed by atoms with Crippen LogP contribution in [0.3, 0.4) is 0 Å². The quantitative estimate of drug-likeness (QED) is 0.780. The lowest BCUT2D eigenvalue weighted by Gasteiger charge is -2.33. The van der Waals surface area contributed by atoms with Crippen LogP contribution in [-0.4, -0.2) is 37.0 Å². The summed E-state index contributed by atoms with van der Waals surface area (Å²) >= 11 is 0. The highest BCUT2D eigenvalue weighted by Crippen LogP contribution is 2.35. The maximum Gasteiger partial charge on any atom is 0.416 e. The topological polar surface area (TPSA) is 32.3 Å². The van der Waals surface area contributed by atoms with Gasteiger partial charge in [-0.15, -0.1) is 0 Å². The van der Waals surface area contributed by atoms with Crippen molar-refractivity contribution in [2.24, 2.45) is 0 Å². The molecule has 2 aromatic rings. The van der Waals surface area contributed by atoms with Crippen molar-refractivity contribution in [1.29, 1.82) is 0 Å². The molecule has 0 aromatic heterocycles. The Morgan fingerprint density at radius 1 is 1.03 bits per heavy atom. The molecule has 30 heavy (non-hydrogen) atoms. The van der Waals surface area contributed by atoms with Crippen LogP contribution in [0.25, 0.3) is 0 Å². The average molecular weight is 416 g/mol. The highest BCUT2D eigenvalue weighted by atomic mass is 19.4. The first-order valence-electron chi connectivity index (χ1n) is 10.6. The summed E-state index contributed by atoms with van der Waals surface area (Å²) in [6.45, 7) is 2.20. The second-order valence-corrected chi connectivity index (χ2v) is 8.55. The SMILES string of the molecule is CN1CCC(c2cccc3c2C[C@H](NC(=O)c2ccc(C(F)(F)F)cc2)CC3)CC1. The molecule has 1 heterocycles. The summed E-state index contributed by atoms with van der Waals surface area (Å²) in [5, 5.41) is 3.04. The number of piperidine rings is 1. The van der Waals surface area contributed by atoms with Crippen molar-refractivity contribution in [2.45, 2.75) is 50.2 Å². The molecule has 0 bridgehead atoms. The second-order valence-electron chi connectivity index (χ2n) is 8.55. The molecular formula is C24H27F3N2O. The predicted octanol–water partition coefficient (Wildman–Crippen LogP) is 4.80. The summed E-state index contributed by atoms with van der Waals surface area (Å²) in [5.74, 6) is 0.245. The van der Waals surface area contributed by atoms with Crippen LogP contribution in [0.15, 0.2) is 42.5 Å². The van der Waals surface area contributed by atoms with E-state index in [2.05, 4.69) is 35.5 Å². The van der Waals surface area contributed by atoms with E-state index in [1.54, 1.807) is 0 Å².